The van der Waals surface area contributed by atoms with Crippen LogP contribution in [0.5, 0.6) is 0 Å². The maximum absolute atomic E-state index is 5.01. The minimum atomic E-state index is 0. The number of allylic oxidation sites excluding steroid dienone is 2. The second-order valence-electron chi connectivity index (χ2n) is 2.00. The number of hydrogen-bond donors (Lipinski definition) is 0. The van der Waals surface area contributed by atoms with Gasteiger partial charge in [-0.3, -0.25) is 0 Å². The van der Waals surface area contributed by atoms with Gasteiger partial charge in [0.25, 0.3) is 0 Å². The summed E-state index contributed by atoms with van der Waals surface area (Å²) in [4.78, 5) is 0. The van der Waals surface area contributed by atoms with E-state index < -0.39 is 0 Å². The number of rotatable bonds is 2. The molecule has 0 aliphatic heterocycles. The minimum absolute atomic E-state index is 0. The zero-order valence-electron chi connectivity index (χ0n) is 7.26. The van der Waals surface area contributed by atoms with Gasteiger partial charge in [0.15, 0.2) is 0 Å². The Hall–Kier alpha value is -0.453. The Kier molecular flexibility index (Phi) is 5.02. The van der Waals surface area contributed by atoms with Gasteiger partial charge in [0, 0.05) is 11.5 Å². The summed E-state index contributed by atoms with van der Waals surface area (Å²) < 4.78 is 10.0. The van der Waals surface area contributed by atoms with Crippen LogP contribution in [0.1, 0.15) is 6.42 Å². The predicted molar refractivity (Wildman–Crippen MR) is 39.1 cm³/mol. The normalized spacial score (nSPS) is 15.1. The Bertz CT molecular complexity index is 155. The second-order valence-corrected chi connectivity index (χ2v) is 2.00. The molecule has 0 unspecified atom stereocenters. The van der Waals surface area contributed by atoms with Gasteiger partial charge in [0.2, 0.25) is 0 Å². The van der Waals surface area contributed by atoms with Crippen molar-refractivity contribution in [3.05, 3.63) is 30.1 Å². The molecule has 0 aromatic carbocycles. The SMILES string of the molecule is COC1=CCC=C(OC)[CH-]1.[Li+]. The van der Waals surface area contributed by atoms with Crippen LogP contribution in [0.2, 0.25) is 0 Å². The van der Waals surface area contributed by atoms with Crippen LogP contribution in [0.3, 0.4) is 0 Å². The zero-order valence-corrected chi connectivity index (χ0v) is 7.26. The molecule has 0 aromatic rings. The molecule has 0 heterocycles. The first-order chi connectivity index (χ1) is 4.86. The van der Waals surface area contributed by atoms with Gasteiger partial charge in [0.1, 0.15) is 0 Å². The minimum Gasteiger partial charge on any atom is -0.522 e. The molecule has 56 valence electrons. The van der Waals surface area contributed by atoms with Crippen molar-refractivity contribution >= 4 is 0 Å². The summed E-state index contributed by atoms with van der Waals surface area (Å²) in [5.41, 5.74) is 0. The third-order valence-electron chi connectivity index (χ3n) is 1.39. The fourth-order valence-electron chi connectivity index (χ4n) is 0.834. The van der Waals surface area contributed by atoms with Crippen LogP contribution in [0.4, 0.5) is 0 Å². The van der Waals surface area contributed by atoms with Crippen molar-refractivity contribution in [1.29, 1.82) is 0 Å². The summed E-state index contributed by atoms with van der Waals surface area (Å²) in [6.07, 6.45) is 6.76. The smallest absolute Gasteiger partial charge is 0.522 e. The van der Waals surface area contributed by atoms with E-state index in [0.717, 1.165) is 17.9 Å². The molecular weight excluding hydrogens is 135 g/mol. The van der Waals surface area contributed by atoms with E-state index in [1.54, 1.807) is 14.2 Å². The number of methoxy groups -OCH3 is 2. The monoisotopic (exact) mass is 146 g/mol. The van der Waals surface area contributed by atoms with Crippen molar-refractivity contribution in [3.63, 3.8) is 0 Å². The van der Waals surface area contributed by atoms with E-state index in [1.165, 1.54) is 0 Å². The molecule has 0 saturated heterocycles. The van der Waals surface area contributed by atoms with Gasteiger partial charge < -0.3 is 9.47 Å². The van der Waals surface area contributed by atoms with Crippen LogP contribution in [0, 0.1) is 6.42 Å². The molecule has 0 bridgehead atoms. The standard InChI is InChI=1S/C8H11O2.Li/c1-9-7-4-3-5-8(6-7)10-2;/h4-6H,3H2,1-2H3;/q-1;+1. The van der Waals surface area contributed by atoms with Crippen molar-refractivity contribution in [1.82, 2.24) is 0 Å². The van der Waals surface area contributed by atoms with Crippen LogP contribution in [-0.2, 0) is 9.47 Å². The molecule has 0 radical (unpaired) electrons. The largest absolute Gasteiger partial charge is 1.00 e. The first kappa shape index (κ1) is 10.5. The van der Waals surface area contributed by atoms with E-state index in [-0.39, 0.29) is 18.9 Å². The second kappa shape index (κ2) is 5.23. The van der Waals surface area contributed by atoms with Crippen molar-refractivity contribution in [2.24, 2.45) is 0 Å². The van der Waals surface area contributed by atoms with E-state index in [1.807, 2.05) is 18.6 Å². The topological polar surface area (TPSA) is 18.5 Å². The summed E-state index contributed by atoms with van der Waals surface area (Å²) in [6, 6.07) is 0. The third kappa shape index (κ3) is 2.96. The van der Waals surface area contributed by atoms with Crippen molar-refractivity contribution in [2.75, 3.05) is 14.2 Å². The fourth-order valence-corrected chi connectivity index (χ4v) is 0.834. The predicted octanol–water partition coefficient (Wildman–Crippen LogP) is -1.34. The maximum Gasteiger partial charge on any atom is 1.00 e. The molecule has 0 aromatic heterocycles. The molecule has 0 N–H and O–H groups in total. The third-order valence-corrected chi connectivity index (χ3v) is 1.39. The molecule has 2 nitrogen and oxygen atoms in total. The van der Waals surface area contributed by atoms with Gasteiger partial charge in [-0.2, -0.15) is 0 Å². The Morgan fingerprint density at radius 2 is 1.64 bits per heavy atom. The van der Waals surface area contributed by atoms with Crippen molar-refractivity contribution < 1.29 is 28.3 Å². The first-order valence-electron chi connectivity index (χ1n) is 3.20. The molecule has 1 aliphatic carbocycles. The van der Waals surface area contributed by atoms with Gasteiger partial charge in [0.05, 0.1) is 14.2 Å². The molecular formula is C8H11LiO2. The summed E-state index contributed by atoms with van der Waals surface area (Å²) in [7, 11) is 3.31. The molecule has 3 heteroatoms. The Morgan fingerprint density at radius 3 is 2.00 bits per heavy atom. The Labute approximate surface area is 79.4 Å². The van der Waals surface area contributed by atoms with E-state index in [9.17, 15) is 0 Å². The van der Waals surface area contributed by atoms with Gasteiger partial charge in [-0.15, -0.1) is 12.2 Å². The van der Waals surface area contributed by atoms with E-state index in [2.05, 4.69) is 0 Å². The Balaban J connectivity index is 0.000001000. The first-order valence-corrected chi connectivity index (χ1v) is 3.20. The summed E-state index contributed by atoms with van der Waals surface area (Å²) in [5, 5.41) is 0. The van der Waals surface area contributed by atoms with Crippen LogP contribution < -0.4 is 18.9 Å². The Morgan fingerprint density at radius 1 is 1.18 bits per heavy atom. The van der Waals surface area contributed by atoms with E-state index >= 15 is 0 Å². The quantitative estimate of drug-likeness (QED) is 0.354. The average molecular weight is 146 g/mol. The van der Waals surface area contributed by atoms with Crippen molar-refractivity contribution in [3.8, 4) is 0 Å². The molecule has 0 atom stereocenters. The molecule has 1 rings (SSSR count). The average Bonchev–Trinajstić information content (AvgIpc) is 2.05. The van der Waals surface area contributed by atoms with Crippen LogP contribution >= 0.6 is 0 Å². The maximum atomic E-state index is 5.01. The van der Waals surface area contributed by atoms with Crippen LogP contribution in [0.15, 0.2) is 23.7 Å². The van der Waals surface area contributed by atoms with Crippen LogP contribution in [-0.4, -0.2) is 14.2 Å². The summed E-state index contributed by atoms with van der Waals surface area (Å²) >= 11 is 0. The van der Waals surface area contributed by atoms with Gasteiger partial charge >= 0.3 is 18.9 Å². The molecule has 0 spiro atoms. The molecule has 0 saturated carbocycles. The zero-order chi connectivity index (χ0) is 7.40. The number of hydrogen-bond acceptors (Lipinski definition) is 2. The molecule has 0 fully saturated rings. The molecule has 11 heavy (non-hydrogen) atoms. The molecule has 1 aliphatic rings. The van der Waals surface area contributed by atoms with Gasteiger partial charge in [-0.25, -0.2) is 0 Å². The van der Waals surface area contributed by atoms with Gasteiger partial charge in [-0.05, 0) is 0 Å². The fraction of sp³-hybridized carbons (Fsp3) is 0.375. The summed E-state index contributed by atoms with van der Waals surface area (Å²) in [5.74, 6) is 1.75. The van der Waals surface area contributed by atoms with E-state index in [0.29, 0.717) is 0 Å². The number of ether oxygens (including phenoxy) is 2. The van der Waals surface area contributed by atoms with Crippen molar-refractivity contribution in [2.45, 2.75) is 6.42 Å². The summed E-state index contributed by atoms with van der Waals surface area (Å²) in [6.45, 7) is 0. The molecule has 0 amide bonds. The van der Waals surface area contributed by atoms with E-state index in [4.69, 9.17) is 9.47 Å². The van der Waals surface area contributed by atoms with Crippen LogP contribution in [0.25, 0.3) is 0 Å². The van der Waals surface area contributed by atoms with Gasteiger partial charge in [-0.1, -0.05) is 12.8 Å².